The van der Waals surface area contributed by atoms with E-state index in [1.165, 1.54) is 10.8 Å². The lowest BCUT2D eigenvalue weighted by Crippen LogP contribution is -2.50. The van der Waals surface area contributed by atoms with Gasteiger partial charge in [-0.3, -0.25) is 9.59 Å². The maximum atomic E-state index is 13.6. The Labute approximate surface area is 197 Å². The van der Waals surface area contributed by atoms with E-state index >= 15 is 0 Å². The van der Waals surface area contributed by atoms with E-state index in [4.69, 9.17) is 0 Å². The first-order valence-electron chi connectivity index (χ1n) is 11.2. The Hall–Kier alpha value is -4.01. The second-order valence-electron chi connectivity index (χ2n) is 8.59. The third kappa shape index (κ3) is 4.16. The minimum atomic E-state index is -0.627. The van der Waals surface area contributed by atoms with Crippen LogP contribution in [0.1, 0.15) is 53.1 Å². The third-order valence-electron chi connectivity index (χ3n) is 6.21. The normalized spacial score (nSPS) is 17.5. The standard InChI is InChI=1S/C25H27N5O4/c1-16(2)29-23(18-9-5-4-6-10-18)22(19-11-7-8-12-20(19)25(29)32)24(31)26-13-14-28-17(3)27-15-21(28)30(33)34/h4-12,15-16,22-23H,13-14H2,1-3H3,(H,26,31)/t22-,23+/m1/s1. The Morgan fingerprint density at radius 3 is 2.50 bits per heavy atom. The SMILES string of the molecule is Cc1ncc([N+](=O)[O-])n1CCNC(=O)[C@@H]1c2ccccc2C(=O)N(C(C)C)[C@H]1c1ccccc1. The van der Waals surface area contributed by atoms with Gasteiger partial charge in [0.2, 0.25) is 5.91 Å². The number of rotatable bonds is 7. The monoisotopic (exact) mass is 461 g/mol. The van der Waals surface area contributed by atoms with Crippen LogP contribution < -0.4 is 5.32 Å². The first kappa shape index (κ1) is 23.2. The van der Waals surface area contributed by atoms with Crippen molar-refractivity contribution in [1.29, 1.82) is 0 Å². The summed E-state index contributed by atoms with van der Waals surface area (Å²) in [6.45, 7) is 5.97. The van der Waals surface area contributed by atoms with Crippen molar-refractivity contribution in [3.63, 3.8) is 0 Å². The van der Waals surface area contributed by atoms with Crippen LogP contribution in [0.3, 0.4) is 0 Å². The van der Waals surface area contributed by atoms with E-state index in [1.54, 1.807) is 24.0 Å². The van der Waals surface area contributed by atoms with Gasteiger partial charge in [0.25, 0.3) is 5.91 Å². The number of fused-ring (bicyclic) bond motifs is 1. The molecule has 0 saturated heterocycles. The highest BCUT2D eigenvalue weighted by molar-refractivity contribution is 6.01. The van der Waals surface area contributed by atoms with Gasteiger partial charge in [-0.15, -0.1) is 0 Å². The van der Waals surface area contributed by atoms with Crippen LogP contribution in [-0.4, -0.2) is 43.8 Å². The van der Waals surface area contributed by atoms with Gasteiger partial charge in [0.15, 0.2) is 5.82 Å². The number of carbonyl (C=O) groups excluding carboxylic acids is 2. The number of aryl methyl sites for hydroxylation is 1. The topological polar surface area (TPSA) is 110 Å². The average Bonchev–Trinajstić information content (AvgIpc) is 3.19. The van der Waals surface area contributed by atoms with Crippen molar-refractivity contribution in [2.75, 3.05) is 6.54 Å². The number of benzene rings is 2. The molecule has 0 unspecified atom stereocenters. The van der Waals surface area contributed by atoms with Crippen LogP contribution in [0.4, 0.5) is 5.82 Å². The Balaban J connectivity index is 1.67. The molecule has 34 heavy (non-hydrogen) atoms. The Morgan fingerprint density at radius 1 is 1.15 bits per heavy atom. The molecule has 0 spiro atoms. The molecule has 2 heterocycles. The molecule has 1 aliphatic rings. The Morgan fingerprint density at radius 2 is 1.82 bits per heavy atom. The van der Waals surface area contributed by atoms with E-state index in [1.807, 2.05) is 56.3 Å². The van der Waals surface area contributed by atoms with Crippen LogP contribution in [0.25, 0.3) is 0 Å². The molecule has 0 radical (unpaired) electrons. The molecule has 2 atom stereocenters. The second-order valence-corrected chi connectivity index (χ2v) is 8.59. The summed E-state index contributed by atoms with van der Waals surface area (Å²) in [5.41, 5.74) is 2.07. The van der Waals surface area contributed by atoms with E-state index in [9.17, 15) is 19.7 Å². The third-order valence-corrected chi connectivity index (χ3v) is 6.21. The predicted molar refractivity (Wildman–Crippen MR) is 126 cm³/mol. The van der Waals surface area contributed by atoms with Gasteiger partial charge < -0.3 is 20.3 Å². The molecule has 9 nitrogen and oxygen atoms in total. The number of nitrogens with zero attached hydrogens (tertiary/aromatic N) is 4. The highest BCUT2D eigenvalue weighted by Crippen LogP contribution is 2.43. The fourth-order valence-corrected chi connectivity index (χ4v) is 4.68. The number of nitro groups is 1. The zero-order chi connectivity index (χ0) is 24.4. The fraction of sp³-hybridized carbons (Fsp3) is 0.320. The van der Waals surface area contributed by atoms with E-state index in [0.717, 1.165) is 5.56 Å². The zero-order valence-electron chi connectivity index (χ0n) is 19.3. The number of amides is 2. The van der Waals surface area contributed by atoms with Gasteiger partial charge in [0, 0.05) is 18.5 Å². The summed E-state index contributed by atoms with van der Waals surface area (Å²) in [5.74, 6) is -0.582. The van der Waals surface area contributed by atoms with Gasteiger partial charge in [0.05, 0.1) is 18.5 Å². The highest BCUT2D eigenvalue weighted by Gasteiger charge is 2.44. The summed E-state index contributed by atoms with van der Waals surface area (Å²) in [5, 5.41) is 14.2. The molecule has 1 aliphatic heterocycles. The summed E-state index contributed by atoms with van der Waals surface area (Å²) >= 11 is 0. The number of nitrogens with one attached hydrogen (secondary N) is 1. The fourth-order valence-electron chi connectivity index (χ4n) is 4.68. The van der Waals surface area contributed by atoms with Gasteiger partial charge in [-0.05, 0) is 36.0 Å². The smallest absolute Gasteiger partial charge is 0.342 e. The average molecular weight is 462 g/mol. The summed E-state index contributed by atoms with van der Waals surface area (Å²) in [4.78, 5) is 43.6. The van der Waals surface area contributed by atoms with Crippen molar-refractivity contribution in [2.24, 2.45) is 0 Å². The van der Waals surface area contributed by atoms with Gasteiger partial charge in [-0.1, -0.05) is 48.5 Å². The number of aromatic nitrogens is 2. The maximum absolute atomic E-state index is 13.6. The molecule has 9 heteroatoms. The molecule has 2 aromatic carbocycles. The largest absolute Gasteiger partial charge is 0.358 e. The molecule has 2 amide bonds. The lowest BCUT2D eigenvalue weighted by atomic mass is 9.78. The molecule has 176 valence electrons. The first-order chi connectivity index (χ1) is 16.3. The lowest BCUT2D eigenvalue weighted by Gasteiger charge is -2.44. The Bertz CT molecular complexity index is 1220. The van der Waals surface area contributed by atoms with Crippen LogP contribution in [0.5, 0.6) is 0 Å². The number of imidazole rings is 1. The van der Waals surface area contributed by atoms with Gasteiger partial charge in [0.1, 0.15) is 12.7 Å². The van der Waals surface area contributed by atoms with Crippen molar-refractivity contribution >= 4 is 17.6 Å². The quantitative estimate of drug-likeness (QED) is 0.427. The van der Waals surface area contributed by atoms with Crippen molar-refractivity contribution < 1.29 is 14.5 Å². The summed E-state index contributed by atoms with van der Waals surface area (Å²) in [6, 6.07) is 16.2. The lowest BCUT2D eigenvalue weighted by molar-refractivity contribution is -0.392. The van der Waals surface area contributed by atoms with E-state index < -0.39 is 16.9 Å². The molecule has 0 bridgehead atoms. The van der Waals surface area contributed by atoms with E-state index in [2.05, 4.69) is 10.3 Å². The van der Waals surface area contributed by atoms with Crippen molar-refractivity contribution in [3.8, 4) is 0 Å². The van der Waals surface area contributed by atoms with Crippen LogP contribution in [0.15, 0.2) is 60.8 Å². The van der Waals surface area contributed by atoms with E-state index in [0.29, 0.717) is 17.0 Å². The summed E-state index contributed by atoms with van der Waals surface area (Å²) in [7, 11) is 0. The molecular formula is C25H27N5O4. The number of hydrogen-bond donors (Lipinski definition) is 1. The molecule has 0 saturated carbocycles. The van der Waals surface area contributed by atoms with Crippen LogP contribution in [0, 0.1) is 17.0 Å². The summed E-state index contributed by atoms with van der Waals surface area (Å²) < 4.78 is 1.47. The molecule has 3 aromatic rings. The molecule has 0 fully saturated rings. The van der Waals surface area contributed by atoms with Gasteiger partial charge in [-0.25, -0.2) is 9.55 Å². The van der Waals surface area contributed by atoms with Gasteiger partial charge in [-0.2, -0.15) is 0 Å². The van der Waals surface area contributed by atoms with Crippen LogP contribution in [0.2, 0.25) is 0 Å². The van der Waals surface area contributed by atoms with E-state index in [-0.39, 0.29) is 36.8 Å². The number of hydrogen-bond acceptors (Lipinski definition) is 5. The molecular weight excluding hydrogens is 434 g/mol. The van der Waals surface area contributed by atoms with Crippen molar-refractivity contribution in [3.05, 3.63) is 93.4 Å². The highest BCUT2D eigenvalue weighted by atomic mass is 16.6. The molecule has 4 rings (SSSR count). The van der Waals surface area contributed by atoms with Crippen LogP contribution in [-0.2, 0) is 11.3 Å². The first-order valence-corrected chi connectivity index (χ1v) is 11.2. The minimum absolute atomic E-state index is 0.104. The summed E-state index contributed by atoms with van der Waals surface area (Å²) in [6.07, 6.45) is 1.21. The van der Waals surface area contributed by atoms with Gasteiger partial charge >= 0.3 is 5.82 Å². The molecule has 1 aromatic heterocycles. The molecule has 1 N–H and O–H groups in total. The minimum Gasteiger partial charge on any atom is -0.358 e. The maximum Gasteiger partial charge on any atom is 0.342 e. The predicted octanol–water partition coefficient (Wildman–Crippen LogP) is 3.61. The van der Waals surface area contributed by atoms with Crippen LogP contribution >= 0.6 is 0 Å². The van der Waals surface area contributed by atoms with Crippen molar-refractivity contribution in [2.45, 2.75) is 45.3 Å². The number of carbonyl (C=O) groups is 2. The zero-order valence-corrected chi connectivity index (χ0v) is 19.3. The molecule has 0 aliphatic carbocycles. The second kappa shape index (κ2) is 9.46. The van der Waals surface area contributed by atoms with Crippen molar-refractivity contribution in [1.82, 2.24) is 19.8 Å². The Kier molecular flexibility index (Phi) is 6.45.